The second-order valence-electron chi connectivity index (χ2n) is 3.38. The molecule has 1 aromatic rings. The van der Waals surface area contributed by atoms with Crippen molar-refractivity contribution >= 4 is 12.1 Å². The van der Waals surface area contributed by atoms with Crippen LogP contribution in [0.5, 0.6) is 0 Å². The molecule has 6 heteroatoms. The number of rotatable bonds is 5. The van der Waals surface area contributed by atoms with Gasteiger partial charge in [-0.2, -0.15) is 0 Å². The van der Waals surface area contributed by atoms with Gasteiger partial charge in [-0.3, -0.25) is 9.78 Å². The van der Waals surface area contributed by atoms with E-state index in [-0.39, 0.29) is 19.1 Å². The third-order valence-corrected chi connectivity index (χ3v) is 2.02. The monoisotopic (exact) mass is 238 g/mol. The van der Waals surface area contributed by atoms with E-state index in [0.717, 1.165) is 0 Å². The molecule has 1 rings (SSSR count). The Balaban J connectivity index is 2.64. The van der Waals surface area contributed by atoms with Crippen LogP contribution in [0.15, 0.2) is 24.4 Å². The Morgan fingerprint density at radius 3 is 2.59 bits per heavy atom. The lowest BCUT2D eigenvalue weighted by atomic mass is 10.1. The van der Waals surface area contributed by atoms with Gasteiger partial charge in [-0.1, -0.05) is 6.07 Å². The Morgan fingerprint density at radius 1 is 1.35 bits per heavy atom. The van der Waals surface area contributed by atoms with Crippen molar-refractivity contribution in [2.45, 2.75) is 12.8 Å². The SMILES string of the molecule is CC(=O)OCC(COC(N)=O)c1ccccn1. The number of carbonyl (C=O) groups is 2. The normalized spacial score (nSPS) is 11.6. The van der Waals surface area contributed by atoms with Crippen molar-refractivity contribution in [2.75, 3.05) is 13.2 Å². The Morgan fingerprint density at radius 2 is 2.06 bits per heavy atom. The molecular formula is C11H14N2O4. The van der Waals surface area contributed by atoms with E-state index in [2.05, 4.69) is 4.98 Å². The molecule has 0 bridgehead atoms. The molecule has 1 unspecified atom stereocenters. The quantitative estimate of drug-likeness (QED) is 0.767. The topological polar surface area (TPSA) is 91.5 Å². The summed E-state index contributed by atoms with van der Waals surface area (Å²) in [5, 5.41) is 0. The summed E-state index contributed by atoms with van der Waals surface area (Å²) in [6.45, 7) is 1.43. The van der Waals surface area contributed by atoms with Crippen molar-refractivity contribution in [1.82, 2.24) is 4.98 Å². The van der Waals surface area contributed by atoms with E-state index in [1.807, 2.05) is 0 Å². The predicted molar refractivity (Wildman–Crippen MR) is 59.1 cm³/mol. The Hall–Kier alpha value is -2.11. The zero-order valence-corrected chi connectivity index (χ0v) is 9.46. The summed E-state index contributed by atoms with van der Waals surface area (Å²) in [6.07, 6.45) is 0.745. The van der Waals surface area contributed by atoms with Gasteiger partial charge in [0.2, 0.25) is 0 Å². The number of hydrogen-bond acceptors (Lipinski definition) is 5. The molecule has 1 atom stereocenters. The number of ether oxygens (including phenoxy) is 2. The van der Waals surface area contributed by atoms with Gasteiger partial charge >= 0.3 is 12.1 Å². The lowest BCUT2D eigenvalue weighted by molar-refractivity contribution is -0.141. The van der Waals surface area contributed by atoms with Gasteiger partial charge < -0.3 is 15.2 Å². The number of aromatic nitrogens is 1. The third-order valence-electron chi connectivity index (χ3n) is 2.02. The summed E-state index contributed by atoms with van der Waals surface area (Å²) in [4.78, 5) is 25.4. The third kappa shape index (κ3) is 4.96. The summed E-state index contributed by atoms with van der Waals surface area (Å²) < 4.78 is 9.58. The minimum Gasteiger partial charge on any atom is -0.465 e. The van der Waals surface area contributed by atoms with Crippen molar-refractivity contribution in [1.29, 1.82) is 0 Å². The van der Waals surface area contributed by atoms with E-state index < -0.39 is 12.1 Å². The van der Waals surface area contributed by atoms with Gasteiger partial charge in [0.05, 0.1) is 11.6 Å². The van der Waals surface area contributed by atoms with E-state index in [4.69, 9.17) is 15.2 Å². The van der Waals surface area contributed by atoms with E-state index in [9.17, 15) is 9.59 Å². The summed E-state index contributed by atoms with van der Waals surface area (Å²) in [5.41, 5.74) is 5.56. The maximum atomic E-state index is 10.7. The summed E-state index contributed by atoms with van der Waals surface area (Å²) >= 11 is 0. The van der Waals surface area contributed by atoms with Crippen LogP contribution in [0.3, 0.4) is 0 Å². The van der Waals surface area contributed by atoms with Gasteiger partial charge in [-0.15, -0.1) is 0 Å². The lowest BCUT2D eigenvalue weighted by Gasteiger charge is -2.15. The molecular weight excluding hydrogens is 224 g/mol. The average molecular weight is 238 g/mol. The van der Waals surface area contributed by atoms with Crippen molar-refractivity contribution in [3.05, 3.63) is 30.1 Å². The molecule has 0 aliphatic heterocycles. The van der Waals surface area contributed by atoms with Crippen molar-refractivity contribution in [3.8, 4) is 0 Å². The number of esters is 1. The summed E-state index contributed by atoms with van der Waals surface area (Å²) in [7, 11) is 0. The first-order valence-corrected chi connectivity index (χ1v) is 5.06. The number of carbonyl (C=O) groups excluding carboxylic acids is 2. The Kier molecular flexibility index (Phi) is 4.93. The van der Waals surface area contributed by atoms with E-state index in [1.165, 1.54) is 6.92 Å². The minimum atomic E-state index is -0.867. The molecule has 1 heterocycles. The molecule has 0 aliphatic carbocycles. The van der Waals surface area contributed by atoms with Crippen LogP contribution in [-0.4, -0.2) is 30.3 Å². The molecule has 6 nitrogen and oxygen atoms in total. The first-order valence-electron chi connectivity index (χ1n) is 5.06. The number of amides is 1. The fourth-order valence-corrected chi connectivity index (χ4v) is 1.24. The highest BCUT2D eigenvalue weighted by molar-refractivity contribution is 5.66. The molecule has 0 aliphatic rings. The highest BCUT2D eigenvalue weighted by Gasteiger charge is 2.16. The zero-order chi connectivity index (χ0) is 12.7. The average Bonchev–Trinajstić information content (AvgIpc) is 2.29. The van der Waals surface area contributed by atoms with Gasteiger partial charge in [-0.05, 0) is 12.1 Å². The molecule has 1 aromatic heterocycles. The van der Waals surface area contributed by atoms with E-state index in [1.54, 1.807) is 24.4 Å². The van der Waals surface area contributed by atoms with Crippen LogP contribution in [0.4, 0.5) is 4.79 Å². The van der Waals surface area contributed by atoms with Crippen LogP contribution in [0.25, 0.3) is 0 Å². The van der Waals surface area contributed by atoms with Crippen LogP contribution in [0.1, 0.15) is 18.5 Å². The number of hydrogen-bond donors (Lipinski definition) is 1. The van der Waals surface area contributed by atoms with Crippen LogP contribution >= 0.6 is 0 Å². The van der Waals surface area contributed by atoms with Crippen LogP contribution in [0.2, 0.25) is 0 Å². The Bertz CT molecular complexity index is 362. The fraction of sp³-hybridized carbons (Fsp3) is 0.364. The molecule has 0 saturated heterocycles. The molecule has 92 valence electrons. The number of pyridine rings is 1. The van der Waals surface area contributed by atoms with Gasteiger partial charge in [0.25, 0.3) is 0 Å². The standard InChI is InChI=1S/C11H14N2O4/c1-8(14)16-6-9(7-17-11(12)15)10-4-2-3-5-13-10/h2-5,9H,6-7H2,1H3,(H2,12,15). The number of primary amides is 1. The first kappa shape index (κ1) is 13.0. The second-order valence-corrected chi connectivity index (χ2v) is 3.38. The van der Waals surface area contributed by atoms with Gasteiger partial charge in [0.15, 0.2) is 0 Å². The summed E-state index contributed by atoms with van der Waals surface area (Å²) in [5.74, 6) is -0.711. The van der Waals surface area contributed by atoms with Crippen LogP contribution < -0.4 is 5.73 Å². The molecule has 0 fully saturated rings. The van der Waals surface area contributed by atoms with E-state index >= 15 is 0 Å². The molecule has 17 heavy (non-hydrogen) atoms. The summed E-state index contributed by atoms with van der Waals surface area (Å²) in [6, 6.07) is 5.33. The van der Waals surface area contributed by atoms with Crippen LogP contribution in [0, 0.1) is 0 Å². The van der Waals surface area contributed by atoms with Crippen molar-refractivity contribution in [2.24, 2.45) is 5.73 Å². The fourth-order valence-electron chi connectivity index (χ4n) is 1.24. The first-order chi connectivity index (χ1) is 8.09. The molecule has 2 N–H and O–H groups in total. The van der Waals surface area contributed by atoms with E-state index in [0.29, 0.717) is 5.69 Å². The van der Waals surface area contributed by atoms with Gasteiger partial charge in [0.1, 0.15) is 13.2 Å². The molecule has 0 spiro atoms. The lowest BCUT2D eigenvalue weighted by Crippen LogP contribution is -2.22. The maximum Gasteiger partial charge on any atom is 0.404 e. The zero-order valence-electron chi connectivity index (χ0n) is 9.46. The highest BCUT2D eigenvalue weighted by Crippen LogP contribution is 2.14. The van der Waals surface area contributed by atoms with Crippen molar-refractivity contribution < 1.29 is 19.1 Å². The number of nitrogens with zero attached hydrogens (tertiary/aromatic N) is 1. The molecule has 1 amide bonds. The van der Waals surface area contributed by atoms with Crippen molar-refractivity contribution in [3.63, 3.8) is 0 Å². The molecule has 0 saturated carbocycles. The Labute approximate surface area is 98.7 Å². The van der Waals surface area contributed by atoms with Gasteiger partial charge in [-0.25, -0.2) is 4.79 Å². The smallest absolute Gasteiger partial charge is 0.404 e. The second kappa shape index (κ2) is 6.47. The molecule has 0 radical (unpaired) electrons. The highest BCUT2D eigenvalue weighted by atomic mass is 16.6. The maximum absolute atomic E-state index is 10.7. The van der Waals surface area contributed by atoms with Gasteiger partial charge in [0, 0.05) is 13.1 Å². The largest absolute Gasteiger partial charge is 0.465 e. The predicted octanol–water partition coefficient (Wildman–Crippen LogP) is 0.824. The minimum absolute atomic E-state index is 0.0274. The van der Waals surface area contributed by atoms with Crippen LogP contribution in [-0.2, 0) is 14.3 Å². The molecule has 0 aromatic carbocycles. The number of nitrogens with two attached hydrogens (primary N) is 1.